The molecule has 0 bridgehead atoms. The average Bonchev–Trinajstić information content (AvgIpc) is 3.07. The predicted octanol–water partition coefficient (Wildman–Crippen LogP) is 5.85. The minimum Gasteiger partial charge on any atom is -0.339 e. The third-order valence-electron chi connectivity index (χ3n) is 5.09. The maximum absolute atomic E-state index is 12.9. The molecule has 3 heteroatoms. The molecular formula is C25H20ClNO. The smallest absolute Gasteiger partial charge is 0.252 e. The highest BCUT2D eigenvalue weighted by molar-refractivity contribution is 6.30. The van der Waals surface area contributed by atoms with Crippen molar-refractivity contribution in [3.8, 4) is 0 Å². The van der Waals surface area contributed by atoms with E-state index in [1.54, 1.807) is 0 Å². The molecule has 4 rings (SSSR count). The number of halogens is 1. The topological polar surface area (TPSA) is 29.1 Å². The first kappa shape index (κ1) is 18.3. The molecule has 28 heavy (non-hydrogen) atoms. The highest BCUT2D eigenvalue weighted by atomic mass is 35.5. The van der Waals surface area contributed by atoms with Crippen molar-refractivity contribution in [2.75, 3.05) is 0 Å². The van der Waals surface area contributed by atoms with E-state index < -0.39 is 5.54 Å². The van der Waals surface area contributed by atoms with Gasteiger partial charge < -0.3 is 5.32 Å². The summed E-state index contributed by atoms with van der Waals surface area (Å²) in [5, 5.41) is 3.92. The molecule has 2 nitrogen and oxygen atoms in total. The van der Waals surface area contributed by atoms with Crippen molar-refractivity contribution in [2.45, 2.75) is 12.0 Å². The second kappa shape index (κ2) is 7.49. The van der Waals surface area contributed by atoms with Gasteiger partial charge in [-0.05, 0) is 40.5 Å². The van der Waals surface area contributed by atoms with Gasteiger partial charge in [0, 0.05) is 17.0 Å². The van der Waals surface area contributed by atoms with Crippen molar-refractivity contribution >= 4 is 28.7 Å². The molecule has 0 radical (unpaired) electrons. The minimum atomic E-state index is -0.639. The van der Waals surface area contributed by atoms with Crippen LogP contribution in [0.25, 0.3) is 11.1 Å². The summed E-state index contributed by atoms with van der Waals surface area (Å²) in [6, 6.07) is 27.4. The van der Waals surface area contributed by atoms with Crippen LogP contribution in [0.15, 0.2) is 97.6 Å². The summed E-state index contributed by atoms with van der Waals surface area (Å²) >= 11 is 6.02. The summed E-state index contributed by atoms with van der Waals surface area (Å²) < 4.78 is 0. The largest absolute Gasteiger partial charge is 0.339 e. The lowest BCUT2D eigenvalue weighted by Crippen LogP contribution is -2.39. The van der Waals surface area contributed by atoms with Gasteiger partial charge in [0.2, 0.25) is 0 Å². The second-order valence-corrected chi connectivity index (χ2v) is 7.44. The Labute approximate surface area is 170 Å². The standard InChI is InChI=1S/C25H20ClNO/c1-18(19-12-14-22(26)15-13-19)16-25(21-10-6-3-7-11-21)17-23(24(28)27-25)20-8-4-2-5-9-20/h2-15,17H,1,16H2,(H,27,28). The van der Waals surface area contributed by atoms with E-state index in [2.05, 4.69) is 11.9 Å². The van der Waals surface area contributed by atoms with Crippen LogP contribution in [0.4, 0.5) is 0 Å². The van der Waals surface area contributed by atoms with Gasteiger partial charge in [-0.15, -0.1) is 0 Å². The molecule has 1 aliphatic rings. The normalized spacial score (nSPS) is 18.5. The molecule has 0 aliphatic carbocycles. The van der Waals surface area contributed by atoms with Gasteiger partial charge in [0.15, 0.2) is 0 Å². The van der Waals surface area contributed by atoms with Crippen LogP contribution in [0, 0.1) is 0 Å². The SMILES string of the molecule is C=C(CC1(c2ccccc2)C=C(c2ccccc2)C(=O)N1)c1ccc(Cl)cc1. The summed E-state index contributed by atoms with van der Waals surface area (Å²) in [6.45, 7) is 4.29. The van der Waals surface area contributed by atoms with Crippen LogP contribution in [0.3, 0.4) is 0 Å². The third-order valence-corrected chi connectivity index (χ3v) is 5.34. The zero-order chi connectivity index (χ0) is 19.6. The van der Waals surface area contributed by atoms with Crippen molar-refractivity contribution in [1.82, 2.24) is 5.32 Å². The molecule has 0 aromatic heterocycles. The fraction of sp³-hybridized carbons (Fsp3) is 0.0800. The number of benzene rings is 3. The van der Waals surface area contributed by atoms with Crippen molar-refractivity contribution in [2.24, 2.45) is 0 Å². The van der Waals surface area contributed by atoms with Gasteiger partial charge in [-0.3, -0.25) is 4.79 Å². The van der Waals surface area contributed by atoms with Crippen molar-refractivity contribution in [1.29, 1.82) is 0 Å². The third kappa shape index (κ3) is 3.51. The summed E-state index contributed by atoms with van der Waals surface area (Å²) in [4.78, 5) is 12.9. The first-order valence-electron chi connectivity index (χ1n) is 9.17. The summed E-state index contributed by atoms with van der Waals surface area (Å²) in [6.07, 6.45) is 2.61. The molecular weight excluding hydrogens is 366 g/mol. The van der Waals surface area contributed by atoms with E-state index in [0.29, 0.717) is 17.0 Å². The molecule has 3 aromatic carbocycles. The summed E-state index contributed by atoms with van der Waals surface area (Å²) in [5.74, 6) is -0.0704. The van der Waals surface area contributed by atoms with Crippen molar-refractivity contribution < 1.29 is 4.79 Å². The van der Waals surface area contributed by atoms with E-state index in [1.165, 1.54) is 0 Å². The van der Waals surface area contributed by atoms with Gasteiger partial charge in [0.1, 0.15) is 0 Å². The quantitative estimate of drug-likeness (QED) is 0.586. The zero-order valence-corrected chi connectivity index (χ0v) is 16.1. The summed E-state index contributed by atoms with van der Waals surface area (Å²) in [7, 11) is 0. The molecule has 1 heterocycles. The molecule has 0 fully saturated rings. The molecule has 3 aromatic rings. The Morgan fingerprint density at radius 2 is 1.50 bits per heavy atom. The highest BCUT2D eigenvalue weighted by Crippen LogP contribution is 2.40. The number of hydrogen-bond acceptors (Lipinski definition) is 1. The minimum absolute atomic E-state index is 0.0704. The molecule has 1 unspecified atom stereocenters. The molecule has 0 saturated carbocycles. The van der Waals surface area contributed by atoms with E-state index in [9.17, 15) is 4.79 Å². The van der Waals surface area contributed by atoms with Gasteiger partial charge in [-0.1, -0.05) is 91.0 Å². The summed E-state index contributed by atoms with van der Waals surface area (Å²) in [5.41, 5.74) is 3.94. The number of rotatable bonds is 5. The van der Waals surface area contributed by atoms with Crippen LogP contribution in [0.5, 0.6) is 0 Å². The van der Waals surface area contributed by atoms with Gasteiger partial charge in [0.05, 0.1) is 5.54 Å². The molecule has 1 atom stereocenters. The van der Waals surface area contributed by atoms with Crippen LogP contribution in [-0.2, 0) is 10.3 Å². The fourth-order valence-electron chi connectivity index (χ4n) is 3.66. The number of amides is 1. The van der Waals surface area contributed by atoms with Crippen LogP contribution >= 0.6 is 11.6 Å². The first-order valence-corrected chi connectivity index (χ1v) is 9.55. The lowest BCUT2D eigenvalue weighted by molar-refractivity contribution is -0.116. The monoisotopic (exact) mass is 385 g/mol. The first-order chi connectivity index (χ1) is 13.6. The second-order valence-electron chi connectivity index (χ2n) is 7.00. The number of carbonyl (C=O) groups excluding carboxylic acids is 1. The van der Waals surface area contributed by atoms with Crippen molar-refractivity contribution in [3.05, 3.63) is 119 Å². The number of nitrogens with one attached hydrogen (secondary N) is 1. The average molecular weight is 386 g/mol. The van der Waals surface area contributed by atoms with E-state index in [0.717, 1.165) is 22.3 Å². The Kier molecular flexibility index (Phi) is 4.89. The Hall–Kier alpha value is -3.10. The van der Waals surface area contributed by atoms with Gasteiger partial charge in [-0.25, -0.2) is 0 Å². The number of carbonyl (C=O) groups is 1. The van der Waals surface area contributed by atoms with Crippen LogP contribution in [-0.4, -0.2) is 5.91 Å². The molecule has 1 aliphatic heterocycles. The molecule has 1 amide bonds. The lowest BCUT2D eigenvalue weighted by atomic mass is 9.82. The van der Waals surface area contributed by atoms with Crippen LogP contribution < -0.4 is 5.32 Å². The zero-order valence-electron chi connectivity index (χ0n) is 15.4. The van der Waals surface area contributed by atoms with E-state index >= 15 is 0 Å². The highest BCUT2D eigenvalue weighted by Gasteiger charge is 2.39. The van der Waals surface area contributed by atoms with E-state index in [-0.39, 0.29) is 5.91 Å². The molecule has 0 saturated heterocycles. The molecule has 138 valence electrons. The maximum Gasteiger partial charge on any atom is 0.252 e. The predicted molar refractivity (Wildman–Crippen MR) is 116 cm³/mol. The fourth-order valence-corrected chi connectivity index (χ4v) is 3.79. The van der Waals surface area contributed by atoms with Gasteiger partial charge in [0.25, 0.3) is 5.91 Å². The Morgan fingerprint density at radius 3 is 2.14 bits per heavy atom. The molecule has 0 spiro atoms. The van der Waals surface area contributed by atoms with Gasteiger partial charge >= 0.3 is 0 Å². The van der Waals surface area contributed by atoms with E-state index in [1.807, 2.05) is 91.0 Å². The molecule has 1 N–H and O–H groups in total. The van der Waals surface area contributed by atoms with Crippen LogP contribution in [0.2, 0.25) is 5.02 Å². The number of hydrogen-bond donors (Lipinski definition) is 1. The van der Waals surface area contributed by atoms with Crippen LogP contribution in [0.1, 0.15) is 23.1 Å². The Balaban J connectivity index is 1.76. The maximum atomic E-state index is 12.9. The Bertz CT molecular complexity index is 1040. The van der Waals surface area contributed by atoms with Gasteiger partial charge in [-0.2, -0.15) is 0 Å². The lowest BCUT2D eigenvalue weighted by Gasteiger charge is -2.29. The van der Waals surface area contributed by atoms with Crippen molar-refractivity contribution in [3.63, 3.8) is 0 Å². The Morgan fingerprint density at radius 1 is 0.893 bits per heavy atom. The van der Waals surface area contributed by atoms with E-state index in [4.69, 9.17) is 11.6 Å².